The molecule has 1 aliphatic carbocycles. The molecule has 1 aliphatic rings. The average Bonchev–Trinajstić information content (AvgIpc) is 3.16. The van der Waals surface area contributed by atoms with Crippen LogP contribution in [0.3, 0.4) is 0 Å². The van der Waals surface area contributed by atoms with Crippen LogP contribution in [0, 0.1) is 0 Å². The van der Waals surface area contributed by atoms with E-state index in [9.17, 15) is 9.59 Å². The minimum atomic E-state index is -0.377. The van der Waals surface area contributed by atoms with E-state index in [2.05, 4.69) is 25.8 Å². The maximum atomic E-state index is 12.1. The van der Waals surface area contributed by atoms with Crippen molar-refractivity contribution >= 4 is 23.2 Å². The van der Waals surface area contributed by atoms with Gasteiger partial charge in [-0.2, -0.15) is 0 Å². The lowest BCUT2D eigenvalue weighted by Gasteiger charge is -2.06. The van der Waals surface area contributed by atoms with Crippen LogP contribution in [0.15, 0.2) is 24.3 Å². The second-order valence-corrected chi connectivity index (χ2v) is 5.03. The van der Waals surface area contributed by atoms with Gasteiger partial charge >= 0.3 is 0 Å². The second-order valence-electron chi connectivity index (χ2n) is 5.03. The Morgan fingerprint density at radius 1 is 1.24 bits per heavy atom. The number of amides is 2. The van der Waals surface area contributed by atoms with Crippen molar-refractivity contribution in [2.75, 3.05) is 10.6 Å². The highest BCUT2D eigenvalue weighted by atomic mass is 16.2. The van der Waals surface area contributed by atoms with E-state index < -0.39 is 0 Å². The van der Waals surface area contributed by atoms with Gasteiger partial charge in [-0.1, -0.05) is 6.07 Å². The molecule has 0 atom stereocenters. The molecule has 1 heterocycles. The van der Waals surface area contributed by atoms with Crippen molar-refractivity contribution in [3.63, 3.8) is 0 Å². The van der Waals surface area contributed by atoms with Crippen molar-refractivity contribution in [3.8, 4) is 0 Å². The minimum absolute atomic E-state index is 0.127. The fraction of sp³-hybridized carbons (Fsp3) is 0.286. The Bertz CT molecular complexity index is 690. The van der Waals surface area contributed by atoms with E-state index in [0.717, 1.165) is 18.7 Å². The van der Waals surface area contributed by atoms with Crippen molar-refractivity contribution in [2.45, 2.75) is 25.7 Å². The Hall–Kier alpha value is -2.70. The van der Waals surface area contributed by atoms with Gasteiger partial charge in [-0.05, 0) is 31.0 Å². The predicted molar refractivity (Wildman–Crippen MR) is 77.1 cm³/mol. The lowest BCUT2D eigenvalue weighted by atomic mass is 10.2. The van der Waals surface area contributed by atoms with Gasteiger partial charge in [0.2, 0.25) is 11.7 Å². The number of benzene rings is 1. The molecule has 0 radical (unpaired) electrons. The minimum Gasteiger partial charge on any atom is -0.326 e. The molecule has 2 aromatic rings. The van der Waals surface area contributed by atoms with Gasteiger partial charge in [0.1, 0.15) is 5.82 Å². The molecule has 0 spiro atoms. The van der Waals surface area contributed by atoms with Crippen LogP contribution >= 0.6 is 0 Å². The molecule has 1 fully saturated rings. The fourth-order valence-electron chi connectivity index (χ4n) is 1.98. The summed E-state index contributed by atoms with van der Waals surface area (Å²) in [6.07, 6.45) is 2.18. The van der Waals surface area contributed by atoms with Crippen molar-refractivity contribution in [2.24, 2.45) is 0 Å². The average molecular weight is 285 g/mol. The summed E-state index contributed by atoms with van der Waals surface area (Å²) in [6.45, 7) is 1.43. The summed E-state index contributed by atoms with van der Waals surface area (Å²) in [5, 5.41) is 12.1. The highest BCUT2D eigenvalue weighted by Gasteiger charge is 2.28. The summed E-state index contributed by atoms with van der Waals surface area (Å²) < 4.78 is 0. The Morgan fingerprint density at radius 2 is 1.95 bits per heavy atom. The molecule has 0 aliphatic heterocycles. The summed E-state index contributed by atoms with van der Waals surface area (Å²) >= 11 is 0. The molecule has 7 nitrogen and oxygen atoms in total. The molecule has 1 aromatic heterocycles. The lowest BCUT2D eigenvalue weighted by molar-refractivity contribution is -0.114. The highest BCUT2D eigenvalue weighted by Crippen LogP contribution is 2.37. The molecule has 3 rings (SSSR count). The Kier molecular flexibility index (Phi) is 3.39. The number of hydrogen-bond donors (Lipinski definition) is 3. The number of carbonyl (C=O) groups is 2. The third kappa shape index (κ3) is 3.25. The van der Waals surface area contributed by atoms with Gasteiger partial charge in [0.15, 0.2) is 0 Å². The Labute approximate surface area is 121 Å². The molecule has 0 saturated heterocycles. The fourth-order valence-corrected chi connectivity index (χ4v) is 1.98. The molecule has 1 saturated carbocycles. The maximum absolute atomic E-state index is 12.1. The van der Waals surface area contributed by atoms with Gasteiger partial charge in [-0.25, -0.2) is 4.98 Å². The third-order valence-corrected chi connectivity index (χ3v) is 3.11. The number of nitrogens with one attached hydrogen (secondary N) is 3. The van der Waals surface area contributed by atoms with Crippen LogP contribution in [0.1, 0.15) is 42.1 Å². The first-order chi connectivity index (χ1) is 10.1. The first kappa shape index (κ1) is 13.3. The molecule has 1 aromatic carbocycles. The van der Waals surface area contributed by atoms with E-state index >= 15 is 0 Å². The van der Waals surface area contributed by atoms with Gasteiger partial charge in [0, 0.05) is 24.2 Å². The van der Waals surface area contributed by atoms with Crippen LogP contribution in [-0.4, -0.2) is 27.0 Å². The molecule has 2 amide bonds. The largest absolute Gasteiger partial charge is 0.326 e. The van der Waals surface area contributed by atoms with Crippen LogP contribution in [0.25, 0.3) is 0 Å². The van der Waals surface area contributed by atoms with E-state index in [1.54, 1.807) is 24.3 Å². The second kappa shape index (κ2) is 5.35. The Morgan fingerprint density at radius 3 is 2.62 bits per heavy atom. The molecule has 21 heavy (non-hydrogen) atoms. The smallest absolute Gasteiger partial charge is 0.295 e. The normalized spacial score (nSPS) is 13.8. The molecular weight excluding hydrogens is 270 g/mol. The molecule has 7 heteroatoms. The number of nitrogens with zero attached hydrogens (tertiary/aromatic N) is 2. The first-order valence-electron chi connectivity index (χ1n) is 6.73. The van der Waals surface area contributed by atoms with Crippen molar-refractivity contribution < 1.29 is 9.59 Å². The number of rotatable bonds is 4. The van der Waals surface area contributed by atoms with Gasteiger partial charge in [0.25, 0.3) is 5.91 Å². The number of aromatic amines is 1. The monoisotopic (exact) mass is 285 g/mol. The highest BCUT2D eigenvalue weighted by molar-refractivity contribution is 6.02. The zero-order chi connectivity index (χ0) is 14.8. The van der Waals surface area contributed by atoms with Crippen molar-refractivity contribution in [1.82, 2.24) is 15.2 Å². The third-order valence-electron chi connectivity index (χ3n) is 3.11. The summed E-state index contributed by atoms with van der Waals surface area (Å²) in [5.74, 6) is 0.774. The van der Waals surface area contributed by atoms with Gasteiger partial charge in [-0.3, -0.25) is 14.7 Å². The van der Waals surface area contributed by atoms with Crippen LogP contribution in [-0.2, 0) is 4.79 Å². The topological polar surface area (TPSA) is 99.8 Å². The van der Waals surface area contributed by atoms with Crippen molar-refractivity contribution in [1.29, 1.82) is 0 Å². The molecule has 3 N–H and O–H groups in total. The van der Waals surface area contributed by atoms with Crippen LogP contribution < -0.4 is 10.6 Å². The summed E-state index contributed by atoms with van der Waals surface area (Å²) in [5.41, 5.74) is 1.19. The van der Waals surface area contributed by atoms with Crippen LogP contribution in [0.5, 0.6) is 0 Å². The number of H-pyrrole nitrogens is 1. The van der Waals surface area contributed by atoms with E-state index in [1.165, 1.54) is 6.92 Å². The van der Waals surface area contributed by atoms with E-state index in [0.29, 0.717) is 17.3 Å². The molecular formula is C14H15N5O2. The maximum Gasteiger partial charge on any atom is 0.295 e. The molecule has 108 valence electrons. The summed E-state index contributed by atoms with van der Waals surface area (Å²) in [6, 6.07) is 6.90. The SMILES string of the molecule is CC(=O)Nc1cccc(NC(=O)c2n[nH]c(C3CC3)n2)c1. The number of carbonyl (C=O) groups excluding carboxylic acids is 2. The number of aromatic nitrogens is 3. The Balaban J connectivity index is 1.69. The van der Waals surface area contributed by atoms with E-state index in [1.807, 2.05) is 0 Å². The zero-order valence-corrected chi connectivity index (χ0v) is 11.5. The lowest BCUT2D eigenvalue weighted by Crippen LogP contribution is -2.14. The summed E-state index contributed by atoms with van der Waals surface area (Å²) in [4.78, 5) is 27.3. The van der Waals surface area contributed by atoms with E-state index in [4.69, 9.17) is 0 Å². The summed E-state index contributed by atoms with van der Waals surface area (Å²) in [7, 11) is 0. The van der Waals surface area contributed by atoms with Crippen LogP contribution in [0.4, 0.5) is 11.4 Å². The molecule has 0 unspecified atom stereocenters. The molecule has 0 bridgehead atoms. The standard InChI is InChI=1S/C14H15N5O2/c1-8(20)15-10-3-2-4-11(7-10)16-14(21)13-17-12(18-19-13)9-5-6-9/h2-4,7,9H,5-6H2,1H3,(H,15,20)(H,16,21)(H,17,18,19). The zero-order valence-electron chi connectivity index (χ0n) is 11.5. The quantitative estimate of drug-likeness (QED) is 0.798. The van der Waals surface area contributed by atoms with Crippen molar-refractivity contribution in [3.05, 3.63) is 35.9 Å². The van der Waals surface area contributed by atoms with Crippen LogP contribution in [0.2, 0.25) is 0 Å². The number of anilines is 2. The number of hydrogen-bond acceptors (Lipinski definition) is 4. The van der Waals surface area contributed by atoms with Gasteiger partial charge < -0.3 is 10.6 Å². The van der Waals surface area contributed by atoms with E-state index in [-0.39, 0.29) is 17.6 Å². The predicted octanol–water partition coefficient (Wildman–Crippen LogP) is 1.89. The van der Waals surface area contributed by atoms with Gasteiger partial charge in [0.05, 0.1) is 0 Å². The van der Waals surface area contributed by atoms with Gasteiger partial charge in [-0.15, -0.1) is 5.10 Å². The first-order valence-corrected chi connectivity index (χ1v) is 6.73.